The number of nitrogens with zero attached hydrogens (tertiary/aromatic N) is 3. The average Bonchev–Trinajstić information content (AvgIpc) is 3.21. The molecule has 3 rings (SSSR count). The summed E-state index contributed by atoms with van der Waals surface area (Å²) in [5.41, 5.74) is 2.16. The van der Waals surface area contributed by atoms with Gasteiger partial charge in [0.2, 0.25) is 12.3 Å². The number of nitrogens with one attached hydrogen (secondary N) is 1. The van der Waals surface area contributed by atoms with Crippen LogP contribution in [0.1, 0.15) is 13.3 Å². The first-order valence-corrected chi connectivity index (χ1v) is 8.07. The van der Waals surface area contributed by atoms with Gasteiger partial charge in [-0.3, -0.25) is 4.98 Å². The van der Waals surface area contributed by atoms with E-state index in [-0.39, 0.29) is 0 Å². The number of amides is 1. The second-order valence-corrected chi connectivity index (χ2v) is 5.38. The summed E-state index contributed by atoms with van der Waals surface area (Å²) >= 11 is 0. The second-order valence-electron chi connectivity index (χ2n) is 5.38. The number of carbonyl (C=O) groups excluding carboxylic acids is 1. The molecule has 0 atom stereocenters. The third-order valence-electron chi connectivity index (χ3n) is 3.56. The molecule has 0 spiro atoms. The maximum atomic E-state index is 11.8. The Morgan fingerprint density at radius 2 is 2.08 bits per heavy atom. The smallest absolute Gasteiger partial charge is 0.412 e. The van der Waals surface area contributed by atoms with E-state index in [1.165, 1.54) is 6.39 Å². The fourth-order valence-corrected chi connectivity index (χ4v) is 2.35. The van der Waals surface area contributed by atoms with Gasteiger partial charge >= 0.3 is 6.09 Å². The number of ether oxygens (including phenoxy) is 2. The number of hydrogen-bond acceptors (Lipinski definition) is 7. The topological polar surface area (TPSA) is 99.4 Å². The number of aromatic nitrogens is 3. The van der Waals surface area contributed by atoms with Crippen LogP contribution in [-0.2, 0) is 0 Å². The normalized spacial score (nSPS) is 10.4. The highest BCUT2D eigenvalue weighted by Crippen LogP contribution is 2.34. The minimum Gasteiger partial charge on any atom is -0.496 e. The number of methoxy groups -OCH3 is 1. The number of carbonyl (C=O) groups is 1. The Labute approximate surface area is 150 Å². The van der Waals surface area contributed by atoms with E-state index >= 15 is 0 Å². The van der Waals surface area contributed by atoms with Gasteiger partial charge in [0, 0.05) is 30.1 Å². The van der Waals surface area contributed by atoms with Crippen molar-refractivity contribution in [3.8, 4) is 34.1 Å². The lowest BCUT2D eigenvalue weighted by Crippen LogP contribution is -2.27. The fourth-order valence-electron chi connectivity index (χ4n) is 2.35. The zero-order chi connectivity index (χ0) is 18.4. The summed E-state index contributed by atoms with van der Waals surface area (Å²) in [6, 6.07) is 6.97. The molecule has 0 fully saturated rings. The number of pyridine rings is 1. The summed E-state index contributed by atoms with van der Waals surface area (Å²) in [6.07, 6.45) is 4.89. The Hall–Kier alpha value is -3.42. The van der Waals surface area contributed by atoms with Gasteiger partial charge in [-0.25, -0.2) is 4.79 Å². The molecule has 0 aliphatic rings. The van der Waals surface area contributed by atoms with E-state index in [1.807, 2.05) is 13.0 Å². The van der Waals surface area contributed by atoms with Gasteiger partial charge in [0.05, 0.1) is 12.7 Å². The standard InChI is InChI=1S/C18H18N4O4/c1-3-6-20-18(23)26-14-4-5-16(24-2)15(8-14)12-7-13(10-19-9-12)17-22-21-11-25-17/h4-5,7-11H,3,6H2,1-2H3,(H,20,23). The van der Waals surface area contributed by atoms with Crippen molar-refractivity contribution in [1.29, 1.82) is 0 Å². The van der Waals surface area contributed by atoms with E-state index in [0.29, 0.717) is 29.5 Å². The van der Waals surface area contributed by atoms with Gasteiger partial charge in [0.15, 0.2) is 0 Å². The fraction of sp³-hybridized carbons (Fsp3) is 0.222. The number of rotatable bonds is 6. The van der Waals surface area contributed by atoms with Crippen molar-refractivity contribution in [1.82, 2.24) is 20.5 Å². The molecule has 0 radical (unpaired) electrons. The van der Waals surface area contributed by atoms with Gasteiger partial charge in [-0.2, -0.15) is 0 Å². The summed E-state index contributed by atoms with van der Waals surface area (Å²) in [5.74, 6) is 1.39. The van der Waals surface area contributed by atoms with Crippen molar-refractivity contribution in [3.63, 3.8) is 0 Å². The van der Waals surface area contributed by atoms with Crippen molar-refractivity contribution in [2.75, 3.05) is 13.7 Å². The monoisotopic (exact) mass is 354 g/mol. The van der Waals surface area contributed by atoms with Crippen LogP contribution in [-0.4, -0.2) is 34.9 Å². The van der Waals surface area contributed by atoms with Crippen LogP contribution >= 0.6 is 0 Å². The van der Waals surface area contributed by atoms with E-state index in [2.05, 4.69) is 20.5 Å². The summed E-state index contributed by atoms with van der Waals surface area (Å²) < 4.78 is 15.9. The predicted octanol–water partition coefficient (Wildman–Crippen LogP) is 3.31. The zero-order valence-electron chi connectivity index (χ0n) is 14.4. The highest BCUT2D eigenvalue weighted by molar-refractivity contribution is 5.76. The first-order valence-electron chi connectivity index (χ1n) is 8.07. The van der Waals surface area contributed by atoms with E-state index < -0.39 is 6.09 Å². The Kier molecular flexibility index (Phi) is 5.43. The molecule has 134 valence electrons. The first kappa shape index (κ1) is 17.4. The Morgan fingerprint density at radius 3 is 2.81 bits per heavy atom. The van der Waals surface area contributed by atoms with Gasteiger partial charge in [-0.1, -0.05) is 6.92 Å². The summed E-state index contributed by atoms with van der Waals surface area (Å²) in [7, 11) is 1.57. The Balaban J connectivity index is 1.92. The molecule has 1 N–H and O–H groups in total. The summed E-state index contributed by atoms with van der Waals surface area (Å²) in [4.78, 5) is 16.0. The molecule has 8 nitrogen and oxygen atoms in total. The molecule has 0 aliphatic carbocycles. The average molecular weight is 354 g/mol. The lowest BCUT2D eigenvalue weighted by molar-refractivity contribution is 0.200. The predicted molar refractivity (Wildman–Crippen MR) is 93.8 cm³/mol. The number of hydrogen-bond donors (Lipinski definition) is 1. The molecule has 8 heteroatoms. The Morgan fingerprint density at radius 1 is 1.23 bits per heavy atom. The van der Waals surface area contributed by atoms with Crippen LogP contribution in [0.5, 0.6) is 11.5 Å². The lowest BCUT2D eigenvalue weighted by atomic mass is 10.0. The SMILES string of the molecule is CCCNC(=O)Oc1ccc(OC)c(-c2cncc(-c3nnco3)c2)c1. The highest BCUT2D eigenvalue weighted by Gasteiger charge is 2.13. The third kappa shape index (κ3) is 3.97. The molecular formula is C18H18N4O4. The lowest BCUT2D eigenvalue weighted by Gasteiger charge is -2.12. The van der Waals surface area contributed by atoms with Gasteiger partial charge < -0.3 is 19.2 Å². The second kappa shape index (κ2) is 8.11. The maximum Gasteiger partial charge on any atom is 0.412 e. The van der Waals surface area contributed by atoms with Gasteiger partial charge in [-0.15, -0.1) is 10.2 Å². The quantitative estimate of drug-likeness (QED) is 0.725. The van der Waals surface area contributed by atoms with Gasteiger partial charge in [-0.05, 0) is 30.7 Å². The van der Waals surface area contributed by atoms with Crippen LogP contribution < -0.4 is 14.8 Å². The maximum absolute atomic E-state index is 11.8. The number of benzene rings is 1. The molecule has 2 aromatic heterocycles. The molecule has 1 amide bonds. The highest BCUT2D eigenvalue weighted by atomic mass is 16.6. The Bertz CT molecular complexity index is 881. The molecule has 0 saturated heterocycles. The zero-order valence-corrected chi connectivity index (χ0v) is 14.4. The van der Waals surface area contributed by atoms with Gasteiger partial charge in [0.1, 0.15) is 11.5 Å². The van der Waals surface area contributed by atoms with E-state index in [9.17, 15) is 4.79 Å². The third-order valence-corrected chi connectivity index (χ3v) is 3.56. The van der Waals surface area contributed by atoms with Crippen LogP contribution in [0.15, 0.2) is 47.5 Å². The molecule has 0 aliphatic heterocycles. The minimum atomic E-state index is -0.499. The van der Waals surface area contributed by atoms with E-state index in [4.69, 9.17) is 13.9 Å². The van der Waals surface area contributed by atoms with Crippen LogP contribution in [0.25, 0.3) is 22.6 Å². The van der Waals surface area contributed by atoms with E-state index in [0.717, 1.165) is 17.5 Å². The van der Waals surface area contributed by atoms with Crippen LogP contribution in [0, 0.1) is 0 Å². The summed E-state index contributed by atoms with van der Waals surface area (Å²) in [6.45, 7) is 2.52. The van der Waals surface area contributed by atoms with E-state index in [1.54, 1.807) is 37.7 Å². The van der Waals surface area contributed by atoms with Crippen LogP contribution in [0.3, 0.4) is 0 Å². The van der Waals surface area contributed by atoms with Crippen LogP contribution in [0.2, 0.25) is 0 Å². The van der Waals surface area contributed by atoms with Crippen molar-refractivity contribution in [3.05, 3.63) is 43.1 Å². The molecule has 3 aromatic rings. The minimum absolute atomic E-state index is 0.365. The molecule has 26 heavy (non-hydrogen) atoms. The first-order chi connectivity index (χ1) is 12.7. The molecule has 1 aromatic carbocycles. The molecule has 2 heterocycles. The van der Waals surface area contributed by atoms with Crippen molar-refractivity contribution in [2.24, 2.45) is 0 Å². The molecule has 0 saturated carbocycles. The molecule has 0 unspecified atom stereocenters. The largest absolute Gasteiger partial charge is 0.496 e. The van der Waals surface area contributed by atoms with Gasteiger partial charge in [0.25, 0.3) is 0 Å². The van der Waals surface area contributed by atoms with Crippen molar-refractivity contribution in [2.45, 2.75) is 13.3 Å². The van der Waals surface area contributed by atoms with Crippen molar-refractivity contribution >= 4 is 6.09 Å². The molecule has 0 bridgehead atoms. The van der Waals surface area contributed by atoms with Crippen LogP contribution in [0.4, 0.5) is 4.79 Å². The van der Waals surface area contributed by atoms with Crippen molar-refractivity contribution < 1.29 is 18.7 Å². The summed E-state index contributed by atoms with van der Waals surface area (Å²) in [5, 5.41) is 10.2. The molecular weight excluding hydrogens is 336 g/mol.